The van der Waals surface area contributed by atoms with E-state index in [1.165, 1.54) is 6.07 Å². The van der Waals surface area contributed by atoms with E-state index in [1.54, 1.807) is 0 Å². The molecule has 3 nitrogen and oxygen atoms in total. The molecule has 0 aliphatic rings. The zero-order valence-corrected chi connectivity index (χ0v) is 13.6. The summed E-state index contributed by atoms with van der Waals surface area (Å²) in [4.78, 5) is 3.97. The molecule has 5 heteroatoms. The molecule has 0 aromatic heterocycles. The topological polar surface area (TPSA) is 26.7 Å². The maximum absolute atomic E-state index is 13.2. The number of aliphatic hydroxyl groups is 1. The fourth-order valence-corrected chi connectivity index (χ4v) is 2.43. The number of hydrogen-bond donors (Lipinski definition) is 1. The lowest BCUT2D eigenvalue weighted by Crippen LogP contribution is -2.24. The summed E-state index contributed by atoms with van der Waals surface area (Å²) in [5, 5.41) is 10.2. The molecule has 0 saturated heterocycles. The minimum Gasteiger partial charge on any atom is -0.387 e. The van der Waals surface area contributed by atoms with Gasteiger partial charge in [0.05, 0.1) is 6.10 Å². The third-order valence-corrected chi connectivity index (χ3v) is 3.69. The second-order valence-corrected chi connectivity index (χ2v) is 5.95. The Morgan fingerprint density at radius 2 is 1.74 bits per heavy atom. The molecule has 23 heavy (non-hydrogen) atoms. The van der Waals surface area contributed by atoms with Crippen LogP contribution in [0.15, 0.2) is 42.5 Å². The van der Waals surface area contributed by atoms with Crippen LogP contribution in [0.4, 0.5) is 14.5 Å². The first-order valence-corrected chi connectivity index (χ1v) is 7.44. The summed E-state index contributed by atoms with van der Waals surface area (Å²) in [7, 11) is 5.84. The van der Waals surface area contributed by atoms with E-state index in [0.717, 1.165) is 23.4 Å². The Labute approximate surface area is 135 Å². The Kier molecular flexibility index (Phi) is 5.69. The maximum Gasteiger partial charge on any atom is 0.159 e. The van der Waals surface area contributed by atoms with Crippen LogP contribution in [0.2, 0.25) is 0 Å². The molecular weight excluding hydrogens is 298 g/mol. The van der Waals surface area contributed by atoms with Crippen molar-refractivity contribution in [1.82, 2.24) is 4.90 Å². The molecule has 0 fully saturated rings. The van der Waals surface area contributed by atoms with Crippen LogP contribution in [-0.4, -0.2) is 37.7 Å². The molecule has 2 aromatic carbocycles. The number of aliphatic hydroxyl groups excluding tert-OH is 1. The highest BCUT2D eigenvalue weighted by molar-refractivity contribution is 5.47. The molecule has 2 aromatic rings. The average Bonchev–Trinajstić information content (AvgIpc) is 2.50. The smallest absolute Gasteiger partial charge is 0.159 e. The first-order chi connectivity index (χ1) is 10.9. The fourth-order valence-electron chi connectivity index (χ4n) is 2.43. The average molecular weight is 320 g/mol. The van der Waals surface area contributed by atoms with Gasteiger partial charge < -0.3 is 10.0 Å². The molecule has 0 aliphatic carbocycles. The number of anilines is 1. The van der Waals surface area contributed by atoms with Crippen LogP contribution in [-0.2, 0) is 6.54 Å². The Morgan fingerprint density at radius 1 is 1.00 bits per heavy atom. The Morgan fingerprint density at radius 3 is 2.39 bits per heavy atom. The second kappa shape index (κ2) is 7.53. The molecule has 0 heterocycles. The van der Waals surface area contributed by atoms with E-state index >= 15 is 0 Å². The van der Waals surface area contributed by atoms with Gasteiger partial charge in [0.2, 0.25) is 0 Å². The number of benzene rings is 2. The summed E-state index contributed by atoms with van der Waals surface area (Å²) < 4.78 is 26.2. The highest BCUT2D eigenvalue weighted by Crippen LogP contribution is 2.19. The lowest BCUT2D eigenvalue weighted by molar-refractivity contribution is 0.123. The van der Waals surface area contributed by atoms with Crippen molar-refractivity contribution in [3.05, 3.63) is 65.2 Å². The van der Waals surface area contributed by atoms with E-state index < -0.39 is 17.7 Å². The monoisotopic (exact) mass is 320 g/mol. The first-order valence-electron chi connectivity index (χ1n) is 7.44. The van der Waals surface area contributed by atoms with Crippen molar-refractivity contribution in [2.45, 2.75) is 12.6 Å². The van der Waals surface area contributed by atoms with Crippen LogP contribution < -0.4 is 4.90 Å². The molecule has 1 atom stereocenters. The number of likely N-dealkylation sites (N-methyl/N-ethyl adjacent to an activating group) is 1. The number of rotatable bonds is 6. The summed E-state index contributed by atoms with van der Waals surface area (Å²) in [5.41, 5.74) is 2.60. The molecular formula is C18H22F2N2O. The van der Waals surface area contributed by atoms with Crippen LogP contribution in [0.1, 0.15) is 17.2 Å². The third kappa shape index (κ3) is 4.74. The summed E-state index contributed by atoms with van der Waals surface area (Å²) in [6.45, 7) is 0.986. The zero-order valence-electron chi connectivity index (χ0n) is 13.6. The molecule has 1 N–H and O–H groups in total. The molecule has 0 saturated carbocycles. The maximum atomic E-state index is 13.2. The summed E-state index contributed by atoms with van der Waals surface area (Å²) in [6, 6.07) is 11.6. The van der Waals surface area contributed by atoms with Crippen molar-refractivity contribution in [3.8, 4) is 0 Å². The van der Waals surface area contributed by atoms with E-state index in [2.05, 4.69) is 6.07 Å². The predicted octanol–water partition coefficient (Wildman–Crippen LogP) is 3.20. The van der Waals surface area contributed by atoms with Crippen LogP contribution in [0.5, 0.6) is 0 Å². The standard InChI is InChI=1S/C18H22F2N2O/c1-21(2)15-6-4-5-13(9-15)11-22(3)12-18(23)14-7-8-16(19)17(20)10-14/h4-10,18,23H,11-12H2,1-3H3. The van der Waals surface area contributed by atoms with E-state index in [1.807, 2.05) is 49.1 Å². The second-order valence-electron chi connectivity index (χ2n) is 5.95. The van der Waals surface area contributed by atoms with Crippen LogP contribution in [0, 0.1) is 11.6 Å². The van der Waals surface area contributed by atoms with Gasteiger partial charge in [-0.25, -0.2) is 8.78 Å². The Balaban J connectivity index is 1.99. The van der Waals surface area contributed by atoms with Gasteiger partial charge in [0, 0.05) is 32.9 Å². The van der Waals surface area contributed by atoms with Crippen molar-refractivity contribution in [2.75, 3.05) is 32.6 Å². The highest BCUT2D eigenvalue weighted by Gasteiger charge is 2.13. The van der Waals surface area contributed by atoms with Gasteiger partial charge in [-0.05, 0) is 42.4 Å². The molecule has 124 valence electrons. The van der Waals surface area contributed by atoms with Gasteiger partial charge in [-0.3, -0.25) is 4.90 Å². The van der Waals surface area contributed by atoms with Gasteiger partial charge in [-0.15, -0.1) is 0 Å². The number of hydrogen-bond acceptors (Lipinski definition) is 3. The molecule has 0 amide bonds. The molecule has 0 radical (unpaired) electrons. The Hall–Kier alpha value is -1.98. The van der Waals surface area contributed by atoms with Crippen molar-refractivity contribution in [1.29, 1.82) is 0 Å². The molecule has 1 unspecified atom stereocenters. The molecule has 2 rings (SSSR count). The number of nitrogens with zero attached hydrogens (tertiary/aromatic N) is 2. The first kappa shape index (κ1) is 17.4. The minimum absolute atomic E-state index is 0.331. The zero-order chi connectivity index (χ0) is 17.0. The lowest BCUT2D eigenvalue weighted by Gasteiger charge is -2.22. The minimum atomic E-state index is -0.942. The number of halogens is 2. The van der Waals surface area contributed by atoms with Crippen molar-refractivity contribution < 1.29 is 13.9 Å². The van der Waals surface area contributed by atoms with Gasteiger partial charge in [0.1, 0.15) is 0 Å². The van der Waals surface area contributed by atoms with Crippen molar-refractivity contribution >= 4 is 5.69 Å². The summed E-state index contributed by atoms with van der Waals surface area (Å²) in [6.07, 6.45) is -0.868. The predicted molar refractivity (Wildman–Crippen MR) is 88.4 cm³/mol. The van der Waals surface area contributed by atoms with Gasteiger partial charge in [0.15, 0.2) is 11.6 Å². The SMILES string of the molecule is CN(Cc1cccc(N(C)C)c1)CC(O)c1ccc(F)c(F)c1. The molecule has 0 aliphatic heterocycles. The highest BCUT2D eigenvalue weighted by atomic mass is 19.2. The van der Waals surface area contributed by atoms with E-state index in [4.69, 9.17) is 0 Å². The van der Waals surface area contributed by atoms with E-state index in [-0.39, 0.29) is 0 Å². The van der Waals surface area contributed by atoms with Gasteiger partial charge >= 0.3 is 0 Å². The summed E-state index contributed by atoms with van der Waals surface area (Å²) in [5.74, 6) is -1.85. The largest absolute Gasteiger partial charge is 0.387 e. The summed E-state index contributed by atoms with van der Waals surface area (Å²) >= 11 is 0. The Bertz CT molecular complexity index is 661. The van der Waals surface area contributed by atoms with E-state index in [0.29, 0.717) is 18.7 Å². The van der Waals surface area contributed by atoms with Crippen LogP contribution >= 0.6 is 0 Å². The lowest BCUT2D eigenvalue weighted by atomic mass is 10.1. The molecule has 0 bridgehead atoms. The third-order valence-electron chi connectivity index (χ3n) is 3.69. The molecule has 0 spiro atoms. The van der Waals surface area contributed by atoms with Gasteiger partial charge in [-0.2, -0.15) is 0 Å². The fraction of sp³-hybridized carbons (Fsp3) is 0.333. The van der Waals surface area contributed by atoms with Crippen molar-refractivity contribution in [3.63, 3.8) is 0 Å². The van der Waals surface area contributed by atoms with Gasteiger partial charge in [-0.1, -0.05) is 18.2 Å². The van der Waals surface area contributed by atoms with Crippen LogP contribution in [0.25, 0.3) is 0 Å². The quantitative estimate of drug-likeness (QED) is 0.885. The van der Waals surface area contributed by atoms with Crippen LogP contribution in [0.3, 0.4) is 0 Å². The normalized spacial score (nSPS) is 12.5. The van der Waals surface area contributed by atoms with E-state index in [9.17, 15) is 13.9 Å². The van der Waals surface area contributed by atoms with Crippen molar-refractivity contribution in [2.24, 2.45) is 0 Å². The van der Waals surface area contributed by atoms with Gasteiger partial charge in [0.25, 0.3) is 0 Å².